The maximum absolute atomic E-state index is 11.4. The number of likely N-dealkylation sites (N-methyl/N-ethyl adjacent to an activating group) is 1. The van der Waals surface area contributed by atoms with Crippen LogP contribution in [0.5, 0.6) is 0 Å². The van der Waals surface area contributed by atoms with E-state index < -0.39 is 16.9 Å². The molecule has 1 aromatic rings. The lowest BCUT2D eigenvalue weighted by atomic mass is 10.1. The summed E-state index contributed by atoms with van der Waals surface area (Å²) in [5, 5.41) is 10.8. The van der Waals surface area contributed by atoms with Gasteiger partial charge in [0.25, 0.3) is 0 Å². The number of nitrogens with zero attached hydrogens (tertiary/aromatic N) is 1. The number of benzene rings is 1. The second kappa shape index (κ2) is 8.99. The Hall–Kier alpha value is -0.460. The number of aliphatic hydroxyl groups excluding tert-OH is 1. The van der Waals surface area contributed by atoms with Gasteiger partial charge in [-0.1, -0.05) is 29.8 Å². The van der Waals surface area contributed by atoms with Crippen LogP contribution in [0, 0.1) is 0 Å². The highest BCUT2D eigenvalue weighted by Gasteiger charge is 2.22. The zero-order valence-electron chi connectivity index (χ0n) is 12.9. The van der Waals surface area contributed by atoms with Crippen molar-refractivity contribution in [1.82, 2.24) is 4.90 Å². The van der Waals surface area contributed by atoms with Crippen molar-refractivity contribution < 1.29 is 14.1 Å². The molecule has 6 heteroatoms. The van der Waals surface area contributed by atoms with Crippen LogP contribution in [-0.4, -0.2) is 58.1 Å². The molecule has 1 unspecified atom stereocenters. The standard InChI is InChI=1S/C16H24ClNO3S/c1-18(14-6-8-22(20)9-7-14)10-15(19)12-21-11-13-4-2-3-5-16(13)17/h2-5,14-15,19H,6-12H2,1H3. The highest BCUT2D eigenvalue weighted by atomic mass is 35.5. The fourth-order valence-electron chi connectivity index (χ4n) is 2.68. The fraction of sp³-hybridized carbons (Fsp3) is 0.625. The minimum Gasteiger partial charge on any atom is -0.389 e. The quantitative estimate of drug-likeness (QED) is 0.821. The summed E-state index contributed by atoms with van der Waals surface area (Å²) in [6.45, 7) is 1.26. The summed E-state index contributed by atoms with van der Waals surface area (Å²) in [4.78, 5) is 2.15. The van der Waals surface area contributed by atoms with Crippen LogP contribution in [0.25, 0.3) is 0 Å². The molecule has 1 heterocycles. The van der Waals surface area contributed by atoms with Crippen LogP contribution in [0.4, 0.5) is 0 Å². The molecule has 4 nitrogen and oxygen atoms in total. The van der Waals surface area contributed by atoms with Crippen molar-refractivity contribution >= 4 is 22.4 Å². The van der Waals surface area contributed by atoms with E-state index in [4.69, 9.17) is 16.3 Å². The van der Waals surface area contributed by atoms with Gasteiger partial charge in [0.2, 0.25) is 0 Å². The summed E-state index contributed by atoms with van der Waals surface area (Å²) < 4.78 is 16.9. The Morgan fingerprint density at radius 3 is 2.77 bits per heavy atom. The van der Waals surface area contributed by atoms with Crippen LogP contribution in [0.2, 0.25) is 5.02 Å². The summed E-state index contributed by atoms with van der Waals surface area (Å²) in [5.41, 5.74) is 0.930. The molecule has 1 aromatic carbocycles. The van der Waals surface area contributed by atoms with Crippen molar-refractivity contribution in [2.75, 3.05) is 31.7 Å². The van der Waals surface area contributed by atoms with Crippen molar-refractivity contribution in [3.63, 3.8) is 0 Å². The first kappa shape index (κ1) is 17.9. The molecule has 0 saturated carbocycles. The SMILES string of the molecule is CN(CC(O)COCc1ccccc1Cl)C1CCS(=O)CC1. The normalized spacial score (nSPS) is 23.6. The van der Waals surface area contributed by atoms with Gasteiger partial charge in [0.1, 0.15) is 0 Å². The van der Waals surface area contributed by atoms with Crippen LogP contribution in [0.15, 0.2) is 24.3 Å². The lowest BCUT2D eigenvalue weighted by molar-refractivity contribution is 0.00697. The summed E-state index contributed by atoms with van der Waals surface area (Å²) in [5.74, 6) is 1.54. The monoisotopic (exact) mass is 345 g/mol. The lowest BCUT2D eigenvalue weighted by Crippen LogP contribution is -2.42. The maximum Gasteiger partial charge on any atom is 0.0900 e. The first-order valence-electron chi connectivity index (χ1n) is 7.60. The first-order chi connectivity index (χ1) is 10.6. The molecular weight excluding hydrogens is 322 g/mol. The molecule has 22 heavy (non-hydrogen) atoms. The highest BCUT2D eigenvalue weighted by molar-refractivity contribution is 7.85. The van der Waals surface area contributed by atoms with Gasteiger partial charge in [-0.25, -0.2) is 0 Å². The Kier molecular flexibility index (Phi) is 7.31. The Morgan fingerprint density at radius 1 is 1.41 bits per heavy atom. The second-order valence-corrected chi connectivity index (χ2v) is 7.88. The summed E-state index contributed by atoms with van der Waals surface area (Å²) >= 11 is 6.06. The number of hydrogen-bond acceptors (Lipinski definition) is 4. The van der Waals surface area contributed by atoms with Crippen molar-refractivity contribution in [3.05, 3.63) is 34.9 Å². The minimum absolute atomic E-state index is 0.286. The smallest absolute Gasteiger partial charge is 0.0900 e. The number of aliphatic hydroxyl groups is 1. The maximum atomic E-state index is 11.4. The molecule has 1 aliphatic rings. The molecule has 0 aromatic heterocycles. The van der Waals surface area contributed by atoms with Crippen LogP contribution >= 0.6 is 11.6 Å². The molecule has 0 aliphatic carbocycles. The third-order valence-electron chi connectivity index (χ3n) is 4.01. The number of ether oxygens (including phenoxy) is 1. The summed E-state index contributed by atoms with van der Waals surface area (Å²) in [7, 11) is 1.37. The lowest BCUT2D eigenvalue weighted by Gasteiger charge is -2.32. The van der Waals surface area contributed by atoms with E-state index in [1.165, 1.54) is 0 Å². The molecule has 1 N–H and O–H groups in total. The molecule has 0 radical (unpaired) electrons. The second-order valence-electron chi connectivity index (χ2n) is 5.78. The van der Waals surface area contributed by atoms with E-state index in [1.54, 1.807) is 0 Å². The van der Waals surface area contributed by atoms with Gasteiger partial charge >= 0.3 is 0 Å². The van der Waals surface area contributed by atoms with Crippen molar-refractivity contribution in [2.24, 2.45) is 0 Å². The zero-order valence-corrected chi connectivity index (χ0v) is 14.5. The molecule has 0 amide bonds. The third kappa shape index (κ3) is 5.63. The van der Waals surface area contributed by atoms with E-state index in [0.717, 1.165) is 29.9 Å². The van der Waals surface area contributed by atoms with E-state index >= 15 is 0 Å². The van der Waals surface area contributed by atoms with Crippen molar-refractivity contribution in [1.29, 1.82) is 0 Å². The van der Waals surface area contributed by atoms with Gasteiger partial charge in [0.05, 0.1) is 19.3 Å². The topological polar surface area (TPSA) is 49.8 Å². The van der Waals surface area contributed by atoms with Gasteiger partial charge in [0, 0.05) is 39.9 Å². The van der Waals surface area contributed by atoms with Gasteiger partial charge < -0.3 is 14.7 Å². The highest BCUT2D eigenvalue weighted by Crippen LogP contribution is 2.17. The van der Waals surface area contributed by atoms with E-state index in [9.17, 15) is 9.32 Å². The molecule has 1 atom stereocenters. The van der Waals surface area contributed by atoms with E-state index in [1.807, 2.05) is 31.3 Å². The average molecular weight is 346 g/mol. The van der Waals surface area contributed by atoms with Gasteiger partial charge in [-0.2, -0.15) is 0 Å². The minimum atomic E-state index is -0.645. The van der Waals surface area contributed by atoms with Gasteiger partial charge in [-0.05, 0) is 31.5 Å². The van der Waals surface area contributed by atoms with Gasteiger partial charge in [-0.3, -0.25) is 4.21 Å². The number of hydrogen-bond donors (Lipinski definition) is 1. The Labute approximate surface area is 139 Å². The Bertz CT molecular complexity index is 490. The number of halogens is 1. The Balaban J connectivity index is 1.68. The average Bonchev–Trinajstić information content (AvgIpc) is 2.50. The predicted molar refractivity (Wildman–Crippen MR) is 90.6 cm³/mol. The summed E-state index contributed by atoms with van der Waals surface area (Å²) in [6, 6.07) is 7.96. The van der Waals surface area contributed by atoms with Crippen molar-refractivity contribution in [3.8, 4) is 0 Å². The molecule has 0 spiro atoms. The van der Waals surface area contributed by atoms with Gasteiger partial charge in [-0.15, -0.1) is 0 Å². The van der Waals surface area contributed by atoms with Crippen LogP contribution in [0.1, 0.15) is 18.4 Å². The molecule has 0 bridgehead atoms. The molecule has 2 rings (SSSR count). The fourth-order valence-corrected chi connectivity index (χ4v) is 4.14. The van der Waals surface area contributed by atoms with E-state index in [2.05, 4.69) is 4.90 Å². The Morgan fingerprint density at radius 2 is 2.09 bits per heavy atom. The van der Waals surface area contributed by atoms with Gasteiger partial charge in [0.15, 0.2) is 0 Å². The summed E-state index contributed by atoms with van der Waals surface area (Å²) in [6.07, 6.45) is 1.35. The van der Waals surface area contributed by atoms with Crippen LogP contribution < -0.4 is 0 Å². The number of rotatable bonds is 7. The first-order valence-corrected chi connectivity index (χ1v) is 9.47. The van der Waals surface area contributed by atoms with E-state index in [0.29, 0.717) is 24.2 Å². The molecule has 124 valence electrons. The van der Waals surface area contributed by atoms with E-state index in [-0.39, 0.29) is 6.61 Å². The molecule has 1 aliphatic heterocycles. The molecule has 1 saturated heterocycles. The third-order valence-corrected chi connectivity index (χ3v) is 5.76. The molecular formula is C16H24ClNO3S. The van der Waals surface area contributed by atoms with Crippen LogP contribution in [-0.2, 0) is 22.1 Å². The van der Waals surface area contributed by atoms with Crippen LogP contribution in [0.3, 0.4) is 0 Å². The predicted octanol–water partition coefficient (Wildman–Crippen LogP) is 2.06. The largest absolute Gasteiger partial charge is 0.389 e. The zero-order chi connectivity index (χ0) is 15.9. The molecule has 1 fully saturated rings. The van der Waals surface area contributed by atoms with Crippen molar-refractivity contribution in [2.45, 2.75) is 31.6 Å².